The molecular formula is C12H7NS2. The summed E-state index contributed by atoms with van der Waals surface area (Å²) in [4.78, 5) is 0. The molecule has 0 spiro atoms. The Hall–Kier alpha value is -1.32. The smallest absolute Gasteiger partial charge is 0.0390 e. The number of rotatable bonds is 0. The minimum atomic E-state index is 0.871. The standard InChI is InChI=1S/C12H7NS2/c13-6-4-9-12-10(5-6)15-8-3-1-2-7(14-9)11(8)12/h1-5H,13H2. The number of nitrogen functional groups attached to an aromatic ring is 1. The summed E-state index contributed by atoms with van der Waals surface area (Å²) in [7, 11) is 0. The molecule has 3 heteroatoms. The first-order valence-corrected chi connectivity index (χ1v) is 6.39. The zero-order chi connectivity index (χ0) is 9.99. The molecule has 0 bridgehead atoms. The number of hydrogen-bond acceptors (Lipinski definition) is 3. The van der Waals surface area contributed by atoms with Crippen molar-refractivity contribution in [3.8, 4) is 0 Å². The lowest BCUT2D eigenvalue weighted by molar-refractivity contribution is 1.85. The Morgan fingerprint density at radius 2 is 1.33 bits per heavy atom. The van der Waals surface area contributed by atoms with Crippen LogP contribution in [0.3, 0.4) is 0 Å². The minimum Gasteiger partial charge on any atom is -0.399 e. The van der Waals surface area contributed by atoms with Gasteiger partial charge in [0.15, 0.2) is 0 Å². The highest BCUT2D eigenvalue weighted by atomic mass is 32.1. The first-order chi connectivity index (χ1) is 7.33. The van der Waals surface area contributed by atoms with Gasteiger partial charge in [0.2, 0.25) is 0 Å². The largest absolute Gasteiger partial charge is 0.399 e. The van der Waals surface area contributed by atoms with Crippen LogP contribution < -0.4 is 5.73 Å². The highest BCUT2D eigenvalue weighted by Gasteiger charge is 2.13. The fraction of sp³-hybridized carbons (Fsp3) is 0. The summed E-state index contributed by atoms with van der Waals surface area (Å²) in [6.45, 7) is 0. The van der Waals surface area contributed by atoms with Crippen LogP contribution in [0.15, 0.2) is 30.3 Å². The van der Waals surface area contributed by atoms with Crippen LogP contribution in [0.4, 0.5) is 5.69 Å². The molecule has 4 aromatic rings. The maximum absolute atomic E-state index is 5.89. The summed E-state index contributed by atoms with van der Waals surface area (Å²) >= 11 is 3.67. The number of thiophene rings is 2. The predicted molar refractivity (Wildman–Crippen MR) is 70.3 cm³/mol. The van der Waals surface area contributed by atoms with E-state index in [1.54, 1.807) is 0 Å². The van der Waals surface area contributed by atoms with Crippen molar-refractivity contribution in [2.75, 3.05) is 5.73 Å². The van der Waals surface area contributed by atoms with Crippen LogP contribution in [-0.2, 0) is 0 Å². The van der Waals surface area contributed by atoms with E-state index in [1.165, 1.54) is 29.6 Å². The van der Waals surface area contributed by atoms with Crippen LogP contribution in [0.1, 0.15) is 0 Å². The third-order valence-electron chi connectivity index (χ3n) is 2.77. The van der Waals surface area contributed by atoms with E-state index in [1.807, 2.05) is 22.7 Å². The van der Waals surface area contributed by atoms with Gasteiger partial charge in [0.05, 0.1) is 0 Å². The number of anilines is 1. The summed E-state index contributed by atoms with van der Waals surface area (Å²) in [5.41, 5.74) is 6.76. The van der Waals surface area contributed by atoms with Gasteiger partial charge in [-0.3, -0.25) is 0 Å². The van der Waals surface area contributed by atoms with Crippen molar-refractivity contribution >= 4 is 57.9 Å². The van der Waals surface area contributed by atoms with Gasteiger partial charge in [0.25, 0.3) is 0 Å². The number of benzene rings is 2. The summed E-state index contributed by atoms with van der Waals surface area (Å²) < 4.78 is 5.38. The van der Waals surface area contributed by atoms with E-state index < -0.39 is 0 Å². The monoisotopic (exact) mass is 229 g/mol. The molecule has 72 valence electrons. The molecule has 0 aliphatic carbocycles. The Bertz CT molecular complexity index is 720. The Morgan fingerprint density at radius 3 is 1.93 bits per heavy atom. The zero-order valence-electron chi connectivity index (χ0n) is 7.78. The van der Waals surface area contributed by atoms with Crippen molar-refractivity contribution in [2.24, 2.45) is 0 Å². The molecule has 2 aromatic heterocycles. The van der Waals surface area contributed by atoms with Gasteiger partial charge in [-0.2, -0.15) is 0 Å². The average molecular weight is 229 g/mol. The van der Waals surface area contributed by atoms with Gasteiger partial charge in [-0.1, -0.05) is 6.07 Å². The molecule has 4 rings (SSSR count). The molecule has 0 amide bonds. The molecule has 0 aliphatic rings. The Labute approximate surface area is 94.1 Å². The molecule has 2 N–H and O–H groups in total. The first kappa shape index (κ1) is 7.91. The second kappa shape index (κ2) is 2.43. The van der Waals surface area contributed by atoms with Crippen LogP contribution in [0.25, 0.3) is 29.6 Å². The maximum atomic E-state index is 5.89. The molecule has 0 radical (unpaired) electrons. The number of hydrogen-bond donors (Lipinski definition) is 1. The summed E-state index contributed by atoms with van der Waals surface area (Å²) in [5, 5.41) is 2.84. The van der Waals surface area contributed by atoms with E-state index in [9.17, 15) is 0 Å². The number of nitrogens with two attached hydrogens (primary N) is 1. The van der Waals surface area contributed by atoms with Crippen LogP contribution in [0.2, 0.25) is 0 Å². The predicted octanol–water partition coefficient (Wildman–Crippen LogP) is 4.29. The third-order valence-corrected chi connectivity index (χ3v) is 4.97. The second-order valence-electron chi connectivity index (χ2n) is 3.73. The van der Waals surface area contributed by atoms with Crippen molar-refractivity contribution in [2.45, 2.75) is 0 Å². The topological polar surface area (TPSA) is 26.0 Å². The SMILES string of the molecule is Nc1cc2sc3cccc4sc(c1)c2c34. The van der Waals surface area contributed by atoms with E-state index in [0.29, 0.717) is 0 Å². The molecule has 15 heavy (non-hydrogen) atoms. The van der Waals surface area contributed by atoms with Gasteiger partial charge < -0.3 is 5.73 Å². The molecule has 0 atom stereocenters. The highest BCUT2D eigenvalue weighted by molar-refractivity contribution is 7.31. The van der Waals surface area contributed by atoms with E-state index in [2.05, 4.69) is 30.3 Å². The Kier molecular flexibility index (Phi) is 1.28. The highest BCUT2D eigenvalue weighted by Crippen LogP contribution is 2.45. The Balaban J connectivity index is 2.51. The molecule has 2 aromatic carbocycles. The lowest BCUT2D eigenvalue weighted by atomic mass is 10.1. The normalized spacial score (nSPS) is 12.3. The second-order valence-corrected chi connectivity index (χ2v) is 5.89. The molecule has 0 aliphatic heterocycles. The molecule has 0 saturated heterocycles. The van der Waals surface area contributed by atoms with E-state index in [-0.39, 0.29) is 0 Å². The van der Waals surface area contributed by atoms with Crippen LogP contribution >= 0.6 is 22.7 Å². The molecule has 0 fully saturated rings. The van der Waals surface area contributed by atoms with Gasteiger partial charge in [-0.25, -0.2) is 0 Å². The van der Waals surface area contributed by atoms with E-state index >= 15 is 0 Å². The molecule has 0 saturated carbocycles. The maximum Gasteiger partial charge on any atom is 0.0390 e. The third kappa shape index (κ3) is 0.874. The van der Waals surface area contributed by atoms with Crippen molar-refractivity contribution in [3.05, 3.63) is 30.3 Å². The lowest BCUT2D eigenvalue weighted by Crippen LogP contribution is -1.81. The summed E-state index contributed by atoms with van der Waals surface area (Å²) in [6.07, 6.45) is 0. The van der Waals surface area contributed by atoms with Gasteiger partial charge in [0, 0.05) is 35.3 Å². The molecule has 2 heterocycles. The first-order valence-electron chi connectivity index (χ1n) is 4.75. The minimum absolute atomic E-state index is 0.871. The summed E-state index contributed by atoms with van der Waals surface area (Å²) in [6, 6.07) is 10.7. The zero-order valence-corrected chi connectivity index (χ0v) is 9.41. The van der Waals surface area contributed by atoms with Crippen molar-refractivity contribution < 1.29 is 0 Å². The van der Waals surface area contributed by atoms with Gasteiger partial charge in [0.1, 0.15) is 0 Å². The molecular weight excluding hydrogens is 222 g/mol. The van der Waals surface area contributed by atoms with Gasteiger partial charge in [-0.15, -0.1) is 22.7 Å². The van der Waals surface area contributed by atoms with Gasteiger partial charge in [-0.05, 0) is 24.3 Å². The van der Waals surface area contributed by atoms with Crippen molar-refractivity contribution in [1.29, 1.82) is 0 Å². The molecule has 0 unspecified atom stereocenters. The van der Waals surface area contributed by atoms with Crippen LogP contribution in [-0.4, -0.2) is 0 Å². The molecule has 1 nitrogen and oxygen atoms in total. The Morgan fingerprint density at radius 1 is 0.800 bits per heavy atom. The van der Waals surface area contributed by atoms with Crippen molar-refractivity contribution in [1.82, 2.24) is 0 Å². The van der Waals surface area contributed by atoms with Gasteiger partial charge >= 0.3 is 0 Å². The summed E-state index contributed by atoms with van der Waals surface area (Å²) in [5.74, 6) is 0. The lowest BCUT2D eigenvalue weighted by Gasteiger charge is -1.92. The van der Waals surface area contributed by atoms with E-state index in [0.717, 1.165) is 5.69 Å². The van der Waals surface area contributed by atoms with Crippen molar-refractivity contribution in [3.63, 3.8) is 0 Å². The fourth-order valence-corrected chi connectivity index (χ4v) is 4.72. The van der Waals surface area contributed by atoms with Crippen LogP contribution in [0, 0.1) is 0 Å². The fourth-order valence-electron chi connectivity index (χ4n) is 2.18. The van der Waals surface area contributed by atoms with E-state index in [4.69, 9.17) is 5.73 Å². The van der Waals surface area contributed by atoms with Crippen LogP contribution in [0.5, 0.6) is 0 Å². The quantitative estimate of drug-likeness (QED) is 0.447. The average Bonchev–Trinajstić information content (AvgIpc) is 2.72.